The Kier molecular flexibility index (Phi) is 6.09. The van der Waals surface area contributed by atoms with Gasteiger partial charge in [-0.05, 0) is 29.8 Å². The molecule has 2 aromatic carbocycles. The number of nitrogens with zero attached hydrogens (tertiary/aromatic N) is 4. The summed E-state index contributed by atoms with van der Waals surface area (Å²) in [5.41, 5.74) is 3.63. The lowest BCUT2D eigenvalue weighted by Gasteiger charge is -2.36. The van der Waals surface area contributed by atoms with Gasteiger partial charge in [-0.2, -0.15) is 5.10 Å². The Morgan fingerprint density at radius 3 is 2.33 bits per heavy atom. The van der Waals surface area contributed by atoms with Crippen molar-refractivity contribution in [1.29, 1.82) is 0 Å². The highest BCUT2D eigenvalue weighted by atomic mass is 16.2. The van der Waals surface area contributed by atoms with Crippen molar-refractivity contribution in [2.75, 3.05) is 43.4 Å². The van der Waals surface area contributed by atoms with Gasteiger partial charge in [-0.3, -0.25) is 14.5 Å². The molecule has 0 spiro atoms. The van der Waals surface area contributed by atoms with Gasteiger partial charge in [0.15, 0.2) is 0 Å². The van der Waals surface area contributed by atoms with E-state index in [0.717, 1.165) is 44.1 Å². The van der Waals surface area contributed by atoms with E-state index in [-0.39, 0.29) is 11.8 Å². The molecule has 1 saturated heterocycles. The van der Waals surface area contributed by atoms with Crippen LogP contribution in [0, 0.1) is 0 Å². The molecule has 156 valence electrons. The molecule has 0 atom stereocenters. The molecular formula is C23H27N5O2. The highest BCUT2D eigenvalue weighted by Crippen LogP contribution is 2.20. The van der Waals surface area contributed by atoms with Crippen molar-refractivity contribution in [2.24, 2.45) is 5.10 Å². The van der Waals surface area contributed by atoms with Gasteiger partial charge in [0.2, 0.25) is 5.91 Å². The second kappa shape index (κ2) is 9.09. The van der Waals surface area contributed by atoms with E-state index in [1.165, 1.54) is 10.6 Å². The summed E-state index contributed by atoms with van der Waals surface area (Å²) in [6.45, 7) is 5.01. The summed E-state index contributed by atoms with van der Waals surface area (Å²) < 4.78 is 0. The minimum atomic E-state index is -0.253. The van der Waals surface area contributed by atoms with Crippen LogP contribution in [0.5, 0.6) is 0 Å². The number of hydrazone groups is 1. The molecule has 2 aliphatic rings. The first-order valence-corrected chi connectivity index (χ1v) is 10.4. The fraction of sp³-hybridized carbons (Fsp3) is 0.348. The Morgan fingerprint density at radius 2 is 1.67 bits per heavy atom. The van der Waals surface area contributed by atoms with Crippen LogP contribution >= 0.6 is 0 Å². The molecule has 2 aliphatic heterocycles. The fourth-order valence-electron chi connectivity index (χ4n) is 3.80. The van der Waals surface area contributed by atoms with Gasteiger partial charge in [0.05, 0.1) is 0 Å². The summed E-state index contributed by atoms with van der Waals surface area (Å²) in [6, 6.07) is 18.5. The maximum atomic E-state index is 12.4. The number of anilines is 2. The quantitative estimate of drug-likeness (QED) is 0.830. The van der Waals surface area contributed by atoms with E-state index in [1.54, 1.807) is 7.05 Å². The molecule has 0 saturated carbocycles. The summed E-state index contributed by atoms with van der Waals surface area (Å²) in [6.07, 6.45) is 0.693. The van der Waals surface area contributed by atoms with Gasteiger partial charge in [0, 0.05) is 64.0 Å². The van der Waals surface area contributed by atoms with Crippen LogP contribution in [0.1, 0.15) is 18.4 Å². The van der Waals surface area contributed by atoms with Crippen molar-refractivity contribution in [3.8, 4) is 0 Å². The van der Waals surface area contributed by atoms with Crippen molar-refractivity contribution < 1.29 is 9.59 Å². The van der Waals surface area contributed by atoms with Gasteiger partial charge in [0.1, 0.15) is 5.71 Å². The number of hydrogen-bond acceptors (Lipinski definition) is 5. The molecule has 7 nitrogen and oxygen atoms in total. The van der Waals surface area contributed by atoms with Crippen LogP contribution < -0.4 is 10.2 Å². The first-order chi connectivity index (χ1) is 14.6. The second-order valence-corrected chi connectivity index (χ2v) is 7.71. The molecule has 1 fully saturated rings. The second-order valence-electron chi connectivity index (χ2n) is 7.71. The molecule has 30 heavy (non-hydrogen) atoms. The van der Waals surface area contributed by atoms with E-state index < -0.39 is 0 Å². The topological polar surface area (TPSA) is 68.2 Å². The maximum absolute atomic E-state index is 12.4. The van der Waals surface area contributed by atoms with Crippen LogP contribution in [-0.2, 0) is 16.1 Å². The number of benzene rings is 2. The number of piperazine rings is 1. The van der Waals surface area contributed by atoms with E-state index in [9.17, 15) is 9.59 Å². The van der Waals surface area contributed by atoms with Gasteiger partial charge in [-0.1, -0.05) is 30.3 Å². The Balaban J connectivity index is 1.29. The standard InChI is InChI=1S/C23H27N5O2/c1-26-22(29)12-11-21(25-26)23(30)24-19-7-9-20(10-8-19)28-15-13-27(14-16-28)17-18-5-3-2-4-6-18/h2-10H,11-17H2,1H3,(H,24,30). The summed E-state index contributed by atoms with van der Waals surface area (Å²) in [7, 11) is 1.57. The number of rotatable bonds is 5. The molecule has 2 aromatic rings. The number of nitrogens with one attached hydrogen (secondary N) is 1. The Labute approximate surface area is 177 Å². The van der Waals surface area contributed by atoms with Crippen LogP contribution in [0.25, 0.3) is 0 Å². The third-order valence-electron chi connectivity index (χ3n) is 5.58. The molecule has 2 amide bonds. The van der Waals surface area contributed by atoms with Gasteiger partial charge >= 0.3 is 0 Å². The van der Waals surface area contributed by atoms with E-state index in [4.69, 9.17) is 0 Å². The first-order valence-electron chi connectivity index (χ1n) is 10.4. The summed E-state index contributed by atoms with van der Waals surface area (Å²) >= 11 is 0. The lowest BCUT2D eigenvalue weighted by Crippen LogP contribution is -2.45. The third-order valence-corrected chi connectivity index (χ3v) is 5.58. The molecule has 1 N–H and O–H groups in total. The van der Waals surface area contributed by atoms with E-state index >= 15 is 0 Å². The van der Waals surface area contributed by atoms with Crippen molar-refractivity contribution >= 4 is 28.9 Å². The summed E-state index contributed by atoms with van der Waals surface area (Å²) in [4.78, 5) is 28.7. The summed E-state index contributed by atoms with van der Waals surface area (Å²) in [5.74, 6) is -0.323. The average molecular weight is 406 g/mol. The van der Waals surface area contributed by atoms with Crippen molar-refractivity contribution in [1.82, 2.24) is 9.91 Å². The SMILES string of the molecule is CN1N=C(C(=O)Nc2ccc(N3CCN(Cc4ccccc4)CC3)cc2)CCC1=O. The number of carbonyl (C=O) groups is 2. The van der Waals surface area contributed by atoms with E-state index in [2.05, 4.69) is 50.5 Å². The van der Waals surface area contributed by atoms with Crippen LogP contribution in [0.15, 0.2) is 59.7 Å². The first kappa shape index (κ1) is 20.1. The zero-order valence-electron chi connectivity index (χ0n) is 17.3. The monoisotopic (exact) mass is 405 g/mol. The highest BCUT2D eigenvalue weighted by Gasteiger charge is 2.22. The number of amides is 2. The van der Waals surface area contributed by atoms with Gasteiger partial charge in [0.25, 0.3) is 5.91 Å². The molecular weight excluding hydrogens is 378 g/mol. The van der Waals surface area contributed by atoms with Crippen LogP contribution in [0.3, 0.4) is 0 Å². The minimum absolute atomic E-state index is 0.0697. The fourth-order valence-corrected chi connectivity index (χ4v) is 3.80. The zero-order valence-corrected chi connectivity index (χ0v) is 17.3. The minimum Gasteiger partial charge on any atom is -0.369 e. The largest absolute Gasteiger partial charge is 0.369 e. The maximum Gasteiger partial charge on any atom is 0.271 e. The number of carbonyl (C=O) groups excluding carboxylic acids is 2. The zero-order chi connectivity index (χ0) is 20.9. The van der Waals surface area contributed by atoms with Crippen LogP contribution in [-0.4, -0.2) is 60.7 Å². The predicted molar refractivity (Wildman–Crippen MR) is 118 cm³/mol. The smallest absolute Gasteiger partial charge is 0.271 e. The highest BCUT2D eigenvalue weighted by molar-refractivity contribution is 6.43. The van der Waals surface area contributed by atoms with E-state index in [1.807, 2.05) is 24.3 Å². The van der Waals surface area contributed by atoms with Gasteiger partial charge in [-0.25, -0.2) is 5.01 Å². The van der Waals surface area contributed by atoms with E-state index in [0.29, 0.717) is 18.6 Å². The van der Waals surface area contributed by atoms with Crippen molar-refractivity contribution in [3.63, 3.8) is 0 Å². The predicted octanol–water partition coefficient (Wildman–Crippen LogP) is 2.56. The molecule has 4 rings (SSSR count). The molecule has 0 radical (unpaired) electrons. The van der Waals surface area contributed by atoms with Gasteiger partial charge < -0.3 is 10.2 Å². The molecule has 0 bridgehead atoms. The molecule has 0 unspecified atom stereocenters. The lowest BCUT2D eigenvalue weighted by atomic mass is 10.1. The summed E-state index contributed by atoms with van der Waals surface area (Å²) in [5, 5.41) is 8.18. The molecule has 7 heteroatoms. The Morgan fingerprint density at radius 1 is 0.967 bits per heavy atom. The van der Waals surface area contributed by atoms with Crippen molar-refractivity contribution in [3.05, 3.63) is 60.2 Å². The Bertz CT molecular complexity index is 918. The normalized spacial score (nSPS) is 17.6. The molecule has 0 aromatic heterocycles. The third kappa shape index (κ3) is 4.86. The van der Waals surface area contributed by atoms with Crippen molar-refractivity contribution in [2.45, 2.75) is 19.4 Å². The lowest BCUT2D eigenvalue weighted by molar-refractivity contribution is -0.130. The van der Waals surface area contributed by atoms with Gasteiger partial charge in [-0.15, -0.1) is 0 Å². The molecule has 2 heterocycles. The Hall–Kier alpha value is -3.19. The van der Waals surface area contributed by atoms with Crippen LogP contribution in [0.4, 0.5) is 11.4 Å². The van der Waals surface area contributed by atoms with Crippen LogP contribution in [0.2, 0.25) is 0 Å². The number of hydrogen-bond donors (Lipinski definition) is 1. The average Bonchev–Trinajstić information content (AvgIpc) is 2.77. The molecule has 0 aliphatic carbocycles.